The third-order valence-electron chi connectivity index (χ3n) is 6.59. The number of hydrogen-bond donors (Lipinski definition) is 0. The quantitative estimate of drug-likeness (QED) is 0.122. The second kappa shape index (κ2) is 12.9. The SMILES string of the molecule is O=C(OC[C@H]1OC(n2cc([N+](=O)[O-])ccc2=O)[C@H](OC(=O)c2ccccc2)[C@@H]1OC(=O)c1ccccc1)c1ccccc1. The summed E-state index contributed by atoms with van der Waals surface area (Å²) in [5, 5.41) is 11.5. The van der Waals surface area contributed by atoms with Crippen molar-refractivity contribution in [2.45, 2.75) is 24.5 Å². The van der Waals surface area contributed by atoms with Gasteiger partial charge in [0.15, 0.2) is 18.4 Å². The Morgan fingerprint density at radius 1 is 0.721 bits per heavy atom. The van der Waals surface area contributed by atoms with E-state index in [1.54, 1.807) is 66.7 Å². The molecular weight excluding hydrogens is 560 g/mol. The summed E-state index contributed by atoms with van der Waals surface area (Å²) in [5.74, 6) is -2.34. The van der Waals surface area contributed by atoms with Gasteiger partial charge in [0.2, 0.25) is 0 Å². The zero-order chi connectivity index (χ0) is 30.3. The van der Waals surface area contributed by atoms with E-state index < -0.39 is 65.2 Å². The number of aromatic nitrogens is 1. The van der Waals surface area contributed by atoms with Crippen LogP contribution >= 0.6 is 0 Å². The minimum Gasteiger partial charge on any atom is -0.459 e. The fraction of sp³-hybridized carbons (Fsp3) is 0.161. The molecule has 0 spiro atoms. The molecule has 1 fully saturated rings. The van der Waals surface area contributed by atoms with Gasteiger partial charge in [-0.15, -0.1) is 0 Å². The highest BCUT2D eigenvalue weighted by Crippen LogP contribution is 2.35. The molecule has 1 saturated heterocycles. The van der Waals surface area contributed by atoms with Gasteiger partial charge >= 0.3 is 17.9 Å². The van der Waals surface area contributed by atoms with E-state index in [9.17, 15) is 29.3 Å². The maximum absolute atomic E-state index is 13.2. The van der Waals surface area contributed by atoms with Crippen LogP contribution < -0.4 is 5.56 Å². The van der Waals surface area contributed by atoms with Gasteiger partial charge in [-0.2, -0.15) is 0 Å². The number of rotatable bonds is 9. The van der Waals surface area contributed by atoms with Crippen molar-refractivity contribution in [3.8, 4) is 0 Å². The fourth-order valence-corrected chi connectivity index (χ4v) is 4.48. The molecule has 5 rings (SSSR count). The molecule has 0 radical (unpaired) electrons. The van der Waals surface area contributed by atoms with Gasteiger partial charge < -0.3 is 18.9 Å². The first-order chi connectivity index (χ1) is 20.8. The van der Waals surface area contributed by atoms with E-state index in [4.69, 9.17) is 18.9 Å². The molecule has 218 valence electrons. The topological polar surface area (TPSA) is 153 Å². The molecule has 4 atom stereocenters. The second-order valence-corrected chi connectivity index (χ2v) is 9.39. The Morgan fingerprint density at radius 3 is 1.72 bits per heavy atom. The molecule has 12 nitrogen and oxygen atoms in total. The molecule has 1 aliphatic heterocycles. The average Bonchev–Trinajstić information content (AvgIpc) is 3.36. The number of nitrogens with zero attached hydrogens (tertiary/aromatic N) is 2. The smallest absolute Gasteiger partial charge is 0.338 e. The van der Waals surface area contributed by atoms with Crippen LogP contribution in [-0.2, 0) is 18.9 Å². The number of carbonyl (C=O) groups excluding carboxylic acids is 3. The number of hydrogen-bond acceptors (Lipinski definition) is 10. The zero-order valence-electron chi connectivity index (χ0n) is 22.4. The highest BCUT2D eigenvalue weighted by molar-refractivity contribution is 5.91. The fourth-order valence-electron chi connectivity index (χ4n) is 4.48. The number of benzene rings is 3. The Hall–Kier alpha value is -5.62. The molecule has 0 N–H and O–H groups in total. The van der Waals surface area contributed by atoms with Crippen molar-refractivity contribution < 1.29 is 38.3 Å². The van der Waals surface area contributed by atoms with Crippen molar-refractivity contribution in [3.63, 3.8) is 0 Å². The van der Waals surface area contributed by atoms with Crippen LogP contribution in [0.2, 0.25) is 0 Å². The van der Waals surface area contributed by atoms with Crippen LogP contribution in [0.5, 0.6) is 0 Å². The lowest BCUT2D eigenvalue weighted by molar-refractivity contribution is -0.385. The minimum absolute atomic E-state index is 0.153. The monoisotopic (exact) mass is 584 g/mol. The molecule has 0 aliphatic carbocycles. The van der Waals surface area contributed by atoms with Crippen molar-refractivity contribution >= 4 is 23.6 Å². The predicted molar refractivity (Wildman–Crippen MR) is 149 cm³/mol. The molecule has 0 amide bonds. The molecule has 1 unspecified atom stereocenters. The first-order valence-corrected chi connectivity index (χ1v) is 13.1. The van der Waals surface area contributed by atoms with Crippen LogP contribution in [0.4, 0.5) is 5.69 Å². The van der Waals surface area contributed by atoms with Crippen LogP contribution in [0.25, 0.3) is 0 Å². The number of ether oxygens (including phenoxy) is 4. The predicted octanol–water partition coefficient (Wildman–Crippen LogP) is 3.96. The van der Waals surface area contributed by atoms with Gasteiger partial charge in [-0.3, -0.25) is 19.5 Å². The van der Waals surface area contributed by atoms with E-state index >= 15 is 0 Å². The number of carbonyl (C=O) groups is 3. The molecule has 0 bridgehead atoms. The molecule has 3 aromatic carbocycles. The molecule has 43 heavy (non-hydrogen) atoms. The summed E-state index contributed by atoms with van der Waals surface area (Å²) in [6.45, 7) is -0.472. The number of esters is 3. The van der Waals surface area contributed by atoms with E-state index in [-0.39, 0.29) is 16.7 Å². The van der Waals surface area contributed by atoms with Crippen LogP contribution in [0.15, 0.2) is 114 Å². The standard InChI is InChI=1S/C31H24N2O10/c34-25-17-16-23(33(38)39)18-32(25)28-27(43-31(37)22-14-8-3-9-15-22)26(42-30(36)21-12-6-2-7-13-21)24(41-28)19-40-29(35)20-10-4-1-5-11-20/h1-18,24,26-28H,19H2/t24-,26-,27-,28?/m1/s1. The number of pyridine rings is 1. The molecule has 4 aromatic rings. The highest BCUT2D eigenvalue weighted by atomic mass is 16.7. The summed E-state index contributed by atoms with van der Waals surface area (Å²) in [6.07, 6.45) is -4.69. The van der Waals surface area contributed by atoms with Gasteiger partial charge in [0.05, 0.1) is 27.8 Å². The number of nitro groups is 1. The second-order valence-electron chi connectivity index (χ2n) is 9.39. The van der Waals surface area contributed by atoms with E-state index in [2.05, 4.69) is 0 Å². The van der Waals surface area contributed by atoms with Gasteiger partial charge in [0.1, 0.15) is 12.7 Å². The molecule has 12 heteroatoms. The third kappa shape index (κ3) is 6.66. The van der Waals surface area contributed by atoms with Gasteiger partial charge in [-0.25, -0.2) is 14.4 Å². The van der Waals surface area contributed by atoms with Crippen LogP contribution in [0.3, 0.4) is 0 Å². The van der Waals surface area contributed by atoms with E-state index in [0.717, 1.165) is 22.9 Å². The summed E-state index contributed by atoms with van der Waals surface area (Å²) in [7, 11) is 0. The minimum atomic E-state index is -1.49. The Balaban J connectivity index is 1.53. The Bertz CT molecular complexity index is 1680. The first kappa shape index (κ1) is 28.9. The lowest BCUT2D eigenvalue weighted by atomic mass is 10.1. The van der Waals surface area contributed by atoms with Gasteiger partial charge in [0, 0.05) is 12.1 Å². The lowest BCUT2D eigenvalue weighted by Gasteiger charge is -2.25. The largest absolute Gasteiger partial charge is 0.459 e. The maximum atomic E-state index is 13.2. The Labute approximate surface area is 244 Å². The van der Waals surface area contributed by atoms with E-state index in [1.807, 2.05) is 0 Å². The lowest BCUT2D eigenvalue weighted by Crippen LogP contribution is -2.42. The van der Waals surface area contributed by atoms with E-state index in [1.165, 1.54) is 24.3 Å². The van der Waals surface area contributed by atoms with Crippen molar-refractivity contribution in [1.82, 2.24) is 4.57 Å². The molecule has 1 aliphatic rings. The van der Waals surface area contributed by atoms with Crippen LogP contribution in [0, 0.1) is 10.1 Å². The van der Waals surface area contributed by atoms with Crippen molar-refractivity contribution in [2.24, 2.45) is 0 Å². The molecule has 0 saturated carbocycles. The Kier molecular flexibility index (Phi) is 8.68. The van der Waals surface area contributed by atoms with Crippen LogP contribution in [0.1, 0.15) is 37.3 Å². The summed E-state index contributed by atoms with van der Waals surface area (Å²) in [5.41, 5.74) is -0.581. The van der Waals surface area contributed by atoms with Crippen molar-refractivity contribution in [2.75, 3.05) is 6.61 Å². The zero-order valence-corrected chi connectivity index (χ0v) is 22.4. The molecule has 1 aromatic heterocycles. The molecule has 2 heterocycles. The maximum Gasteiger partial charge on any atom is 0.338 e. The highest BCUT2D eigenvalue weighted by Gasteiger charge is 2.51. The average molecular weight is 585 g/mol. The summed E-state index contributed by atoms with van der Waals surface area (Å²) >= 11 is 0. The van der Waals surface area contributed by atoms with Gasteiger partial charge in [-0.1, -0.05) is 54.6 Å². The van der Waals surface area contributed by atoms with E-state index in [0.29, 0.717) is 0 Å². The van der Waals surface area contributed by atoms with Crippen LogP contribution in [-0.4, -0.2) is 52.3 Å². The van der Waals surface area contributed by atoms with Crippen molar-refractivity contribution in [1.29, 1.82) is 0 Å². The third-order valence-corrected chi connectivity index (χ3v) is 6.59. The molecular formula is C31H24N2O10. The normalized spacial score (nSPS) is 19.3. The summed E-state index contributed by atoms with van der Waals surface area (Å²) in [6, 6.07) is 26.0. The van der Waals surface area contributed by atoms with Gasteiger partial charge in [-0.05, 0) is 36.4 Å². The first-order valence-electron chi connectivity index (χ1n) is 13.1. The summed E-state index contributed by atoms with van der Waals surface area (Å²) in [4.78, 5) is 62.8. The van der Waals surface area contributed by atoms with Gasteiger partial charge in [0.25, 0.3) is 11.2 Å². The Morgan fingerprint density at radius 2 is 1.21 bits per heavy atom. The summed E-state index contributed by atoms with van der Waals surface area (Å²) < 4.78 is 24.0. The van der Waals surface area contributed by atoms with Crippen molar-refractivity contribution in [3.05, 3.63) is 146 Å².